The number of benzene rings is 2. The van der Waals surface area contributed by atoms with Crippen molar-refractivity contribution in [3.8, 4) is 5.75 Å². The van der Waals surface area contributed by atoms with E-state index >= 15 is 0 Å². The summed E-state index contributed by atoms with van der Waals surface area (Å²) < 4.78 is 5.20. The van der Waals surface area contributed by atoms with Crippen molar-refractivity contribution in [1.29, 1.82) is 0 Å². The number of ketones is 2. The predicted octanol–water partition coefficient (Wildman–Crippen LogP) is 5.68. The summed E-state index contributed by atoms with van der Waals surface area (Å²) in [6.45, 7) is 8.09. The molecule has 0 fully saturated rings. The number of hydrogen-bond acceptors (Lipinski definition) is 3. The first-order valence-corrected chi connectivity index (χ1v) is 10.5. The standard InChI is InChI=1S/C26H34O3/c1-18(2)14-25(27)24(26(28)15-19(3)4)17-22-8-6-20(7-9-22)16-21-10-12-23(29-5)13-11-21/h6-13,18-19,24H,14-17H2,1-5H3. The zero-order valence-corrected chi connectivity index (χ0v) is 18.4. The van der Waals surface area contributed by atoms with Gasteiger partial charge in [0.05, 0.1) is 13.0 Å². The van der Waals surface area contributed by atoms with E-state index in [0.29, 0.717) is 19.3 Å². The van der Waals surface area contributed by atoms with Gasteiger partial charge >= 0.3 is 0 Å². The van der Waals surface area contributed by atoms with E-state index in [9.17, 15) is 9.59 Å². The monoisotopic (exact) mass is 394 g/mol. The molecule has 2 aromatic rings. The Balaban J connectivity index is 2.08. The molecule has 0 aliphatic carbocycles. The molecule has 0 unspecified atom stereocenters. The number of carbonyl (C=O) groups is 2. The van der Waals surface area contributed by atoms with E-state index < -0.39 is 5.92 Å². The fourth-order valence-electron chi connectivity index (χ4n) is 3.50. The topological polar surface area (TPSA) is 43.4 Å². The van der Waals surface area contributed by atoms with Crippen molar-refractivity contribution < 1.29 is 14.3 Å². The van der Waals surface area contributed by atoms with E-state index in [1.54, 1.807) is 7.11 Å². The van der Waals surface area contributed by atoms with Crippen molar-refractivity contribution in [3.63, 3.8) is 0 Å². The molecule has 0 saturated carbocycles. The smallest absolute Gasteiger partial charge is 0.143 e. The molecule has 0 saturated heterocycles. The predicted molar refractivity (Wildman–Crippen MR) is 118 cm³/mol. The van der Waals surface area contributed by atoms with Crippen LogP contribution in [0.4, 0.5) is 0 Å². The first kappa shape index (κ1) is 22.9. The molecule has 0 spiro atoms. The Morgan fingerprint density at radius 3 is 1.55 bits per heavy atom. The maximum Gasteiger partial charge on any atom is 0.143 e. The molecule has 0 heterocycles. The second-order valence-corrected chi connectivity index (χ2v) is 8.73. The lowest BCUT2D eigenvalue weighted by atomic mass is 9.84. The van der Waals surface area contributed by atoms with Gasteiger partial charge in [-0.3, -0.25) is 9.59 Å². The van der Waals surface area contributed by atoms with Gasteiger partial charge in [0.1, 0.15) is 17.3 Å². The largest absolute Gasteiger partial charge is 0.497 e. The molecule has 3 nitrogen and oxygen atoms in total. The molecular weight excluding hydrogens is 360 g/mol. The van der Waals surface area contributed by atoms with Crippen LogP contribution in [0.25, 0.3) is 0 Å². The van der Waals surface area contributed by atoms with E-state index in [2.05, 4.69) is 36.4 Å². The third-order valence-electron chi connectivity index (χ3n) is 5.03. The van der Waals surface area contributed by atoms with Crippen molar-refractivity contribution in [2.45, 2.75) is 53.4 Å². The number of carbonyl (C=O) groups excluding carboxylic acids is 2. The van der Waals surface area contributed by atoms with Crippen molar-refractivity contribution in [1.82, 2.24) is 0 Å². The summed E-state index contributed by atoms with van der Waals surface area (Å²) in [4.78, 5) is 25.4. The zero-order chi connectivity index (χ0) is 21.4. The fraction of sp³-hybridized carbons (Fsp3) is 0.462. The summed E-state index contributed by atoms with van der Waals surface area (Å²) in [5.74, 6) is 1.02. The average molecular weight is 395 g/mol. The van der Waals surface area contributed by atoms with Crippen LogP contribution >= 0.6 is 0 Å². The van der Waals surface area contributed by atoms with Gasteiger partial charge in [-0.25, -0.2) is 0 Å². The summed E-state index contributed by atoms with van der Waals surface area (Å²) >= 11 is 0. The quantitative estimate of drug-likeness (QED) is 0.461. The second kappa shape index (κ2) is 10.9. The summed E-state index contributed by atoms with van der Waals surface area (Å²) in [7, 11) is 1.67. The Bertz CT molecular complexity index is 764. The van der Waals surface area contributed by atoms with Crippen molar-refractivity contribution in [3.05, 3.63) is 65.2 Å². The highest BCUT2D eigenvalue weighted by atomic mass is 16.5. The summed E-state index contributed by atoms with van der Waals surface area (Å²) in [6, 6.07) is 16.4. The van der Waals surface area contributed by atoms with Crippen LogP contribution in [0, 0.1) is 17.8 Å². The SMILES string of the molecule is COc1ccc(Cc2ccc(CC(C(=O)CC(C)C)C(=O)CC(C)C)cc2)cc1. The van der Waals surface area contributed by atoms with Gasteiger partial charge in [0.25, 0.3) is 0 Å². The highest BCUT2D eigenvalue weighted by Gasteiger charge is 2.27. The lowest BCUT2D eigenvalue weighted by Crippen LogP contribution is -2.28. The number of rotatable bonds is 11. The van der Waals surface area contributed by atoms with Gasteiger partial charge in [-0.1, -0.05) is 64.1 Å². The molecule has 0 N–H and O–H groups in total. The first-order valence-electron chi connectivity index (χ1n) is 10.5. The van der Waals surface area contributed by atoms with Crippen LogP contribution < -0.4 is 4.74 Å². The van der Waals surface area contributed by atoms with Crippen LogP contribution in [-0.2, 0) is 22.4 Å². The molecular formula is C26H34O3. The van der Waals surface area contributed by atoms with Crippen LogP contribution in [0.5, 0.6) is 5.75 Å². The second-order valence-electron chi connectivity index (χ2n) is 8.73. The van der Waals surface area contributed by atoms with Gasteiger partial charge in [0, 0.05) is 12.8 Å². The Kier molecular flexibility index (Phi) is 8.63. The van der Waals surface area contributed by atoms with Crippen LogP contribution in [0.2, 0.25) is 0 Å². The lowest BCUT2D eigenvalue weighted by Gasteiger charge is -2.17. The molecule has 29 heavy (non-hydrogen) atoms. The number of methoxy groups -OCH3 is 1. The minimum atomic E-state index is -0.521. The Labute approximate surface area is 175 Å². The van der Waals surface area contributed by atoms with Gasteiger partial charge < -0.3 is 4.74 Å². The van der Waals surface area contributed by atoms with Crippen molar-refractivity contribution in [2.24, 2.45) is 17.8 Å². The molecule has 0 amide bonds. The van der Waals surface area contributed by atoms with Crippen LogP contribution in [0.15, 0.2) is 48.5 Å². The minimum absolute atomic E-state index is 0.0768. The molecule has 156 valence electrons. The highest BCUT2D eigenvalue weighted by Crippen LogP contribution is 2.20. The van der Waals surface area contributed by atoms with E-state index in [4.69, 9.17) is 4.74 Å². The Hall–Kier alpha value is -2.42. The first-order chi connectivity index (χ1) is 13.8. The molecule has 0 bridgehead atoms. The van der Waals surface area contributed by atoms with Crippen molar-refractivity contribution in [2.75, 3.05) is 7.11 Å². The van der Waals surface area contributed by atoms with E-state index in [0.717, 1.165) is 17.7 Å². The zero-order valence-electron chi connectivity index (χ0n) is 18.4. The van der Waals surface area contributed by atoms with E-state index in [1.807, 2.05) is 39.8 Å². The molecule has 0 radical (unpaired) electrons. The minimum Gasteiger partial charge on any atom is -0.497 e. The summed E-state index contributed by atoms with van der Waals surface area (Å²) in [5.41, 5.74) is 3.47. The fourth-order valence-corrected chi connectivity index (χ4v) is 3.50. The molecule has 2 aromatic carbocycles. The van der Waals surface area contributed by atoms with Crippen LogP contribution in [-0.4, -0.2) is 18.7 Å². The van der Waals surface area contributed by atoms with Crippen LogP contribution in [0.3, 0.4) is 0 Å². The van der Waals surface area contributed by atoms with Gasteiger partial charge in [-0.2, -0.15) is 0 Å². The molecule has 0 atom stereocenters. The lowest BCUT2D eigenvalue weighted by molar-refractivity contribution is -0.133. The highest BCUT2D eigenvalue weighted by molar-refractivity contribution is 6.02. The Morgan fingerprint density at radius 2 is 1.14 bits per heavy atom. The summed E-state index contributed by atoms with van der Waals surface area (Å²) in [5, 5.41) is 0. The Morgan fingerprint density at radius 1 is 0.724 bits per heavy atom. The van der Waals surface area contributed by atoms with Gasteiger partial charge in [0.2, 0.25) is 0 Å². The number of Topliss-reactive ketones (excluding diaryl/α,β-unsaturated/α-hetero) is 2. The van der Waals surface area contributed by atoms with Crippen LogP contribution in [0.1, 0.15) is 57.2 Å². The molecule has 0 aromatic heterocycles. The molecule has 2 rings (SSSR count). The summed E-state index contributed by atoms with van der Waals surface area (Å²) in [6.07, 6.45) is 2.26. The van der Waals surface area contributed by atoms with Gasteiger partial charge in [0.15, 0.2) is 0 Å². The number of ether oxygens (including phenoxy) is 1. The van der Waals surface area contributed by atoms with E-state index in [1.165, 1.54) is 11.1 Å². The molecule has 0 aliphatic rings. The molecule has 0 aliphatic heterocycles. The van der Waals surface area contributed by atoms with Gasteiger partial charge in [-0.15, -0.1) is 0 Å². The van der Waals surface area contributed by atoms with E-state index in [-0.39, 0.29) is 23.4 Å². The molecule has 3 heteroatoms. The third-order valence-corrected chi connectivity index (χ3v) is 5.03. The normalized spacial score (nSPS) is 11.3. The maximum absolute atomic E-state index is 12.7. The third kappa shape index (κ3) is 7.49. The maximum atomic E-state index is 12.7. The average Bonchev–Trinajstić information content (AvgIpc) is 2.66. The van der Waals surface area contributed by atoms with Gasteiger partial charge in [-0.05, 0) is 53.5 Å². The number of hydrogen-bond donors (Lipinski definition) is 0. The van der Waals surface area contributed by atoms with Crippen molar-refractivity contribution >= 4 is 11.6 Å².